The highest BCUT2D eigenvalue weighted by molar-refractivity contribution is 7.80. The first kappa shape index (κ1) is 11.3. The van der Waals surface area contributed by atoms with Gasteiger partial charge in [-0.25, -0.2) is 0 Å². The first-order valence-electron chi connectivity index (χ1n) is 5.71. The normalized spacial score (nSPS) is 22.1. The third kappa shape index (κ3) is 1.60. The Balaban J connectivity index is 2.07. The molecule has 0 radical (unpaired) electrons. The van der Waals surface area contributed by atoms with Crippen LogP contribution in [-0.4, -0.2) is 30.3 Å². The number of hydrogen-bond acceptors (Lipinski definition) is 4. The second kappa shape index (κ2) is 4.13. The minimum Gasteiger partial charge on any atom is -0.486 e. The summed E-state index contributed by atoms with van der Waals surface area (Å²) in [6.07, 6.45) is 0. The number of hydrogen-bond donors (Lipinski definition) is 1. The summed E-state index contributed by atoms with van der Waals surface area (Å²) in [4.78, 5) is 13.5. The van der Waals surface area contributed by atoms with Crippen molar-refractivity contribution in [3.8, 4) is 11.5 Å². The average Bonchev–Trinajstić information content (AvgIpc) is 2.63. The van der Waals surface area contributed by atoms with E-state index in [1.54, 1.807) is 13.0 Å². The molecule has 0 unspecified atom stereocenters. The highest BCUT2D eigenvalue weighted by Crippen LogP contribution is 2.40. The summed E-state index contributed by atoms with van der Waals surface area (Å²) in [5.74, 6) is 1.15. The summed E-state index contributed by atoms with van der Waals surface area (Å²) in [7, 11) is 0. The third-order valence-corrected chi connectivity index (χ3v) is 3.22. The zero-order valence-electron chi connectivity index (χ0n) is 9.80. The molecule has 1 aromatic carbocycles. The van der Waals surface area contributed by atoms with Crippen LogP contribution < -0.4 is 19.7 Å². The van der Waals surface area contributed by atoms with Crippen molar-refractivity contribution in [3.63, 3.8) is 0 Å². The first-order chi connectivity index (χ1) is 8.68. The minimum absolute atomic E-state index is 0.0810. The van der Waals surface area contributed by atoms with Gasteiger partial charge in [0.2, 0.25) is 0 Å². The number of para-hydroxylation sites is 1. The highest BCUT2D eigenvalue weighted by atomic mass is 32.1. The smallest absolute Gasteiger partial charge is 0.255 e. The highest BCUT2D eigenvalue weighted by Gasteiger charge is 2.36. The molecule has 1 fully saturated rings. The molecule has 1 atom stereocenters. The SMILES string of the molecule is C[C@@H]1NC(=S)N(c2cccc3c2OCCO3)C1=O. The van der Waals surface area contributed by atoms with E-state index in [-0.39, 0.29) is 11.9 Å². The molecular weight excluding hydrogens is 252 g/mol. The standard InChI is InChI=1S/C12H12N2O3S/c1-7-11(15)14(12(18)13-7)8-3-2-4-9-10(8)17-6-5-16-9/h2-4,7H,5-6H2,1H3,(H,13,18)/t7-/m0/s1. The molecule has 2 heterocycles. The second-order valence-electron chi connectivity index (χ2n) is 4.15. The Bertz CT molecular complexity index is 532. The van der Waals surface area contributed by atoms with Gasteiger partial charge in [-0.15, -0.1) is 0 Å². The van der Waals surface area contributed by atoms with E-state index in [9.17, 15) is 4.79 Å². The average molecular weight is 264 g/mol. The van der Waals surface area contributed by atoms with Crippen molar-refractivity contribution >= 4 is 28.9 Å². The van der Waals surface area contributed by atoms with Crippen molar-refractivity contribution < 1.29 is 14.3 Å². The Hall–Kier alpha value is -1.82. The number of rotatable bonds is 1. The number of carbonyl (C=O) groups is 1. The lowest BCUT2D eigenvalue weighted by molar-refractivity contribution is -0.117. The summed E-state index contributed by atoms with van der Waals surface area (Å²) in [6, 6.07) is 5.13. The van der Waals surface area contributed by atoms with E-state index in [2.05, 4.69) is 5.32 Å². The van der Waals surface area contributed by atoms with Crippen LogP contribution in [0.3, 0.4) is 0 Å². The van der Waals surface area contributed by atoms with Gasteiger partial charge in [0.25, 0.3) is 5.91 Å². The maximum Gasteiger partial charge on any atom is 0.255 e. The fourth-order valence-corrected chi connectivity index (χ4v) is 2.43. The van der Waals surface area contributed by atoms with Crippen molar-refractivity contribution in [1.82, 2.24) is 5.32 Å². The second-order valence-corrected chi connectivity index (χ2v) is 4.53. The van der Waals surface area contributed by atoms with Crippen LogP contribution in [-0.2, 0) is 4.79 Å². The quantitative estimate of drug-likeness (QED) is 0.769. The van der Waals surface area contributed by atoms with Crippen LogP contribution in [0.25, 0.3) is 0 Å². The lowest BCUT2D eigenvalue weighted by Crippen LogP contribution is -2.32. The Morgan fingerprint density at radius 2 is 2.17 bits per heavy atom. The Morgan fingerprint density at radius 3 is 2.89 bits per heavy atom. The van der Waals surface area contributed by atoms with Crippen LogP contribution in [0.5, 0.6) is 11.5 Å². The number of thiocarbonyl (C=S) groups is 1. The van der Waals surface area contributed by atoms with Crippen molar-refractivity contribution in [2.75, 3.05) is 18.1 Å². The molecule has 94 valence electrons. The van der Waals surface area contributed by atoms with Gasteiger partial charge in [0, 0.05) is 0 Å². The Kier molecular flexibility index (Phi) is 2.59. The number of nitrogens with zero attached hydrogens (tertiary/aromatic N) is 1. The predicted molar refractivity (Wildman–Crippen MR) is 70.1 cm³/mol. The van der Waals surface area contributed by atoms with Gasteiger partial charge in [-0.05, 0) is 31.3 Å². The number of ether oxygens (including phenoxy) is 2. The number of amides is 1. The lowest BCUT2D eigenvalue weighted by atomic mass is 10.2. The van der Waals surface area contributed by atoms with E-state index in [0.717, 1.165) is 0 Å². The molecule has 18 heavy (non-hydrogen) atoms. The molecule has 0 bridgehead atoms. The molecule has 1 N–H and O–H groups in total. The first-order valence-corrected chi connectivity index (χ1v) is 6.12. The predicted octanol–water partition coefficient (Wildman–Crippen LogP) is 1.07. The maximum atomic E-state index is 12.1. The van der Waals surface area contributed by atoms with Gasteiger partial charge in [-0.3, -0.25) is 9.69 Å². The van der Waals surface area contributed by atoms with Gasteiger partial charge < -0.3 is 14.8 Å². The van der Waals surface area contributed by atoms with E-state index < -0.39 is 0 Å². The van der Waals surface area contributed by atoms with Gasteiger partial charge in [0.05, 0.1) is 5.69 Å². The van der Waals surface area contributed by atoms with Crippen LogP contribution in [0, 0.1) is 0 Å². The molecule has 1 saturated heterocycles. The van der Waals surface area contributed by atoms with E-state index >= 15 is 0 Å². The molecule has 2 aliphatic heterocycles. The molecule has 0 spiro atoms. The molecule has 6 heteroatoms. The van der Waals surface area contributed by atoms with Gasteiger partial charge in [-0.1, -0.05) is 6.07 Å². The number of nitrogens with one attached hydrogen (secondary N) is 1. The van der Waals surface area contributed by atoms with Crippen LogP contribution in [0.15, 0.2) is 18.2 Å². The number of anilines is 1. The Morgan fingerprint density at radius 1 is 1.39 bits per heavy atom. The molecule has 0 aliphatic carbocycles. The fraction of sp³-hybridized carbons (Fsp3) is 0.333. The molecule has 3 rings (SSSR count). The summed E-state index contributed by atoms with van der Waals surface area (Å²) in [5, 5.41) is 3.33. The van der Waals surface area contributed by atoms with Crippen LogP contribution >= 0.6 is 12.2 Å². The van der Waals surface area contributed by atoms with Crippen LogP contribution in [0.4, 0.5) is 5.69 Å². The zero-order chi connectivity index (χ0) is 12.7. The van der Waals surface area contributed by atoms with Crippen molar-refractivity contribution in [2.24, 2.45) is 0 Å². The summed E-state index contributed by atoms with van der Waals surface area (Å²) >= 11 is 5.18. The van der Waals surface area contributed by atoms with Gasteiger partial charge in [0.1, 0.15) is 19.3 Å². The maximum absolute atomic E-state index is 12.1. The van der Waals surface area contributed by atoms with Crippen molar-refractivity contribution in [2.45, 2.75) is 13.0 Å². The molecule has 5 nitrogen and oxygen atoms in total. The molecule has 1 amide bonds. The molecule has 2 aliphatic rings. The summed E-state index contributed by atoms with van der Waals surface area (Å²) in [5.41, 5.74) is 0.638. The summed E-state index contributed by atoms with van der Waals surface area (Å²) in [6.45, 7) is 2.77. The van der Waals surface area contributed by atoms with Crippen molar-refractivity contribution in [3.05, 3.63) is 18.2 Å². The number of benzene rings is 1. The monoisotopic (exact) mass is 264 g/mol. The van der Waals surface area contributed by atoms with E-state index in [0.29, 0.717) is 35.5 Å². The van der Waals surface area contributed by atoms with Gasteiger partial charge in [0.15, 0.2) is 16.6 Å². The largest absolute Gasteiger partial charge is 0.486 e. The van der Waals surface area contributed by atoms with E-state index in [1.807, 2.05) is 12.1 Å². The topological polar surface area (TPSA) is 50.8 Å². The summed E-state index contributed by atoms with van der Waals surface area (Å²) < 4.78 is 11.1. The van der Waals surface area contributed by atoms with Gasteiger partial charge in [-0.2, -0.15) is 0 Å². The lowest BCUT2D eigenvalue weighted by Gasteiger charge is -2.24. The van der Waals surface area contributed by atoms with Crippen LogP contribution in [0.1, 0.15) is 6.92 Å². The molecule has 0 saturated carbocycles. The van der Waals surface area contributed by atoms with E-state index in [4.69, 9.17) is 21.7 Å². The molecule has 1 aromatic rings. The fourth-order valence-electron chi connectivity index (χ4n) is 2.07. The van der Waals surface area contributed by atoms with Crippen LogP contribution in [0.2, 0.25) is 0 Å². The number of fused-ring (bicyclic) bond motifs is 1. The minimum atomic E-state index is -0.308. The van der Waals surface area contributed by atoms with Gasteiger partial charge >= 0.3 is 0 Å². The zero-order valence-corrected chi connectivity index (χ0v) is 10.6. The molecular formula is C12H12N2O3S. The third-order valence-electron chi connectivity index (χ3n) is 2.92. The van der Waals surface area contributed by atoms with Crippen molar-refractivity contribution in [1.29, 1.82) is 0 Å². The van der Waals surface area contributed by atoms with E-state index in [1.165, 1.54) is 4.90 Å². The number of carbonyl (C=O) groups excluding carboxylic acids is 1. The molecule has 0 aromatic heterocycles. The Labute approximate surface area is 110 Å².